The predicted octanol–water partition coefficient (Wildman–Crippen LogP) is 3.41. The Labute approximate surface area is 307 Å². The lowest BCUT2D eigenvalue weighted by molar-refractivity contribution is -1.92. The zero-order valence-corrected chi connectivity index (χ0v) is 31.8. The van der Waals surface area contributed by atoms with Gasteiger partial charge in [0.1, 0.15) is 18.3 Å². The van der Waals surface area contributed by atoms with E-state index in [0.29, 0.717) is 27.7 Å². The topological polar surface area (TPSA) is 130 Å². The molecule has 2 unspecified atom stereocenters. The van der Waals surface area contributed by atoms with E-state index in [-0.39, 0.29) is 44.1 Å². The molecule has 2 N–H and O–H groups in total. The molecule has 2 heterocycles. The average molecular weight is 771 g/mol. The van der Waals surface area contributed by atoms with Gasteiger partial charge in [0.2, 0.25) is 5.36 Å². The molecule has 0 saturated carbocycles. The summed E-state index contributed by atoms with van der Waals surface area (Å²) in [5.74, 6) is -0.0527. The number of nitrogens with zero attached hydrogens (tertiary/aromatic N) is 2. The number of β-amino-alcohol motifs (C(OH)–C–C–N with tert-alkyl or cyclic N) is 1. The van der Waals surface area contributed by atoms with Crippen LogP contribution in [-0.4, -0.2) is 53.9 Å². The first-order chi connectivity index (χ1) is 22.7. The monoisotopic (exact) mass is 768 g/mol. The maximum absolute atomic E-state index is 14.7. The SMILES string of the molecule is CC[N+]1(C)c2cc3c(cc2C(C)=CC1C)C(c1cc(Cl)c(Cl)c(Cl)c1Cl)=c1cc2c(cc1C3=O)=[N+](CCO)C(C)(C)C=C2C.[O-][Cl+3]([O-])([O-])O. The van der Waals surface area contributed by atoms with Gasteiger partial charge in [0.05, 0.1) is 48.6 Å². The molecule has 3 aromatic carbocycles. The van der Waals surface area contributed by atoms with E-state index < -0.39 is 10.2 Å². The fourth-order valence-electron chi connectivity index (χ4n) is 7.38. The van der Waals surface area contributed by atoms with Crippen LogP contribution in [0.1, 0.15) is 79.7 Å². The minimum Gasteiger partial charge on any atom is -0.390 e. The van der Waals surface area contributed by atoms with E-state index in [9.17, 15) is 9.90 Å². The van der Waals surface area contributed by atoms with E-state index in [0.717, 1.165) is 50.6 Å². The Morgan fingerprint density at radius 2 is 1.51 bits per heavy atom. The van der Waals surface area contributed by atoms with Gasteiger partial charge in [-0.1, -0.05) is 46.4 Å². The molecular formula is C36H37Cl5N2O6+2. The number of allylic oxidation sites excluding steroid dienone is 2. The average Bonchev–Trinajstić information content (AvgIpc) is 3.01. The second-order valence-corrected chi connectivity index (χ2v) is 15.6. The molecule has 49 heavy (non-hydrogen) atoms. The Bertz CT molecular complexity index is 2110. The number of aliphatic hydroxyl groups excluding tert-OH is 1. The highest BCUT2D eigenvalue weighted by molar-refractivity contribution is 6.52. The molecule has 6 rings (SSSR count). The molecular weight excluding hydrogens is 734 g/mol. The number of carbonyl (C=O) groups is 1. The molecule has 0 bridgehead atoms. The maximum atomic E-state index is 14.7. The van der Waals surface area contributed by atoms with E-state index in [1.165, 1.54) is 5.57 Å². The first-order valence-corrected chi connectivity index (χ1v) is 18.3. The number of carbonyl (C=O) groups excluding carboxylic acids is 1. The van der Waals surface area contributed by atoms with Gasteiger partial charge >= 0.3 is 0 Å². The molecule has 0 fully saturated rings. The molecule has 2 atom stereocenters. The van der Waals surface area contributed by atoms with Gasteiger partial charge in [0, 0.05) is 53.8 Å². The van der Waals surface area contributed by atoms with Gasteiger partial charge in [-0.05, 0) is 85.5 Å². The third kappa shape index (κ3) is 6.63. The third-order valence-corrected chi connectivity index (χ3v) is 11.7. The van der Waals surface area contributed by atoms with Crippen LogP contribution in [0.25, 0.3) is 16.7 Å². The fraction of sp³-hybridized carbons (Fsp3) is 0.333. The van der Waals surface area contributed by atoms with Crippen LogP contribution in [0.4, 0.5) is 5.69 Å². The van der Waals surface area contributed by atoms with Gasteiger partial charge < -0.3 is 5.11 Å². The molecule has 0 spiro atoms. The zero-order valence-electron chi connectivity index (χ0n) is 28.1. The number of rotatable bonds is 4. The van der Waals surface area contributed by atoms with Crippen molar-refractivity contribution in [2.75, 3.05) is 26.7 Å². The van der Waals surface area contributed by atoms with Gasteiger partial charge in [0.15, 0.2) is 17.9 Å². The lowest BCUT2D eigenvalue weighted by atomic mass is 9.78. The van der Waals surface area contributed by atoms with Crippen LogP contribution < -0.4 is 33.6 Å². The molecule has 13 heteroatoms. The van der Waals surface area contributed by atoms with Crippen LogP contribution in [0.3, 0.4) is 0 Å². The first kappa shape index (κ1) is 37.9. The highest BCUT2D eigenvalue weighted by Gasteiger charge is 2.40. The summed E-state index contributed by atoms with van der Waals surface area (Å²) in [5.41, 5.74) is 8.49. The van der Waals surface area contributed by atoms with E-state index in [2.05, 4.69) is 83.5 Å². The van der Waals surface area contributed by atoms with Gasteiger partial charge in [-0.15, -0.1) is 0 Å². The van der Waals surface area contributed by atoms with Crippen molar-refractivity contribution < 1.29 is 38.8 Å². The van der Waals surface area contributed by atoms with E-state index in [1.807, 2.05) is 6.07 Å². The van der Waals surface area contributed by atoms with Crippen LogP contribution in [0, 0.1) is 10.2 Å². The summed E-state index contributed by atoms with van der Waals surface area (Å²) in [6.45, 7) is 14.1. The zero-order chi connectivity index (χ0) is 36.5. The third-order valence-electron chi connectivity index (χ3n) is 10.00. The van der Waals surface area contributed by atoms with E-state index >= 15 is 0 Å². The number of aliphatic hydroxyl groups is 1. The lowest BCUT2D eigenvalue weighted by Crippen LogP contribution is -2.58. The molecule has 260 valence electrons. The highest BCUT2D eigenvalue weighted by Crippen LogP contribution is 2.46. The minimum atomic E-state index is -4.69. The molecule has 0 saturated heterocycles. The fourth-order valence-corrected chi connectivity index (χ4v) is 8.27. The van der Waals surface area contributed by atoms with Gasteiger partial charge in [-0.3, -0.25) is 9.28 Å². The van der Waals surface area contributed by atoms with Gasteiger partial charge in [-0.2, -0.15) is 14.0 Å². The number of ketones is 1. The molecule has 3 aromatic rings. The largest absolute Gasteiger partial charge is 0.390 e. The summed E-state index contributed by atoms with van der Waals surface area (Å²) in [6, 6.07) is 10.3. The summed E-state index contributed by atoms with van der Waals surface area (Å²) >= 11 is 26.7. The van der Waals surface area contributed by atoms with Crippen molar-refractivity contribution in [2.24, 2.45) is 0 Å². The summed E-state index contributed by atoms with van der Waals surface area (Å²) in [4.78, 5) is 14.7. The van der Waals surface area contributed by atoms with E-state index in [4.69, 9.17) is 65.0 Å². The Morgan fingerprint density at radius 3 is 2.10 bits per heavy atom. The molecule has 0 amide bonds. The number of fused-ring (bicyclic) bond motifs is 4. The second kappa shape index (κ2) is 13.3. The minimum absolute atomic E-state index is 0.0108. The number of hydrogen-bond acceptors (Lipinski definition) is 6. The van der Waals surface area contributed by atoms with Crippen molar-refractivity contribution in [3.8, 4) is 0 Å². The van der Waals surface area contributed by atoms with Crippen LogP contribution in [-0.2, 0) is 0 Å². The Balaban J connectivity index is 0.000000874. The quantitative estimate of drug-likeness (QED) is 0.142. The number of likely N-dealkylation sites (N-methyl/N-ethyl adjacent to an activating group) is 1. The van der Waals surface area contributed by atoms with Crippen molar-refractivity contribution >= 4 is 74.6 Å². The Morgan fingerprint density at radius 1 is 0.878 bits per heavy atom. The predicted molar refractivity (Wildman–Crippen MR) is 188 cm³/mol. The van der Waals surface area contributed by atoms with E-state index in [1.54, 1.807) is 6.07 Å². The van der Waals surface area contributed by atoms with Crippen molar-refractivity contribution in [1.29, 1.82) is 0 Å². The lowest BCUT2D eigenvalue weighted by Gasteiger charge is -2.42. The molecule has 8 nitrogen and oxygen atoms in total. The van der Waals surface area contributed by atoms with Crippen LogP contribution in [0.2, 0.25) is 20.1 Å². The van der Waals surface area contributed by atoms with Crippen LogP contribution >= 0.6 is 46.4 Å². The molecule has 2 aliphatic heterocycles. The first-order valence-electron chi connectivity index (χ1n) is 15.5. The van der Waals surface area contributed by atoms with Gasteiger partial charge in [0.25, 0.3) is 0 Å². The van der Waals surface area contributed by atoms with Crippen molar-refractivity contribution in [2.45, 2.75) is 53.1 Å². The highest BCUT2D eigenvalue weighted by atomic mass is 35.7. The number of quaternary nitrogens is 1. The van der Waals surface area contributed by atoms with Crippen LogP contribution in [0.5, 0.6) is 0 Å². The summed E-state index contributed by atoms with van der Waals surface area (Å²) < 4.78 is 35.6. The summed E-state index contributed by atoms with van der Waals surface area (Å²) in [5, 5.41) is 12.6. The molecule has 0 radical (unpaired) electrons. The number of halogens is 5. The second-order valence-electron chi connectivity index (χ2n) is 13.3. The molecule has 3 aliphatic rings. The van der Waals surface area contributed by atoms with Crippen LogP contribution in [0.15, 0.2) is 42.5 Å². The maximum Gasteiger partial charge on any atom is 0.209 e. The summed E-state index contributed by atoms with van der Waals surface area (Å²) in [7, 11) is -2.47. The standard InChI is InChI=1S/C36H36Cl4N2O2.ClHO4/c1-8-42(7)20(4)11-18(2)22-13-24-26(16-30(22)42)35(44)25-15-29-21(19(3)17-36(5,6)41(29)9-10-43)12-23(25)31(24)27-14-28(37)33(39)34(40)32(27)38;2-1(3,4)5/h11-17,20,43H,8-10H2,1-7H3;(H,2,3,4,5)/q+2;. The van der Waals surface area contributed by atoms with Crippen molar-refractivity contribution in [3.05, 3.63) is 107 Å². The van der Waals surface area contributed by atoms with Gasteiger partial charge in [-0.25, -0.2) is 4.58 Å². The normalized spacial score (nSPS) is 20.7. The Kier molecular flexibility index (Phi) is 10.3. The number of benzene rings is 3. The number of hydrogen-bond donors (Lipinski definition) is 2. The molecule has 0 aromatic heterocycles. The smallest absolute Gasteiger partial charge is 0.209 e. The van der Waals surface area contributed by atoms with Crippen molar-refractivity contribution in [1.82, 2.24) is 9.06 Å². The summed E-state index contributed by atoms with van der Waals surface area (Å²) in [6.07, 6.45) is 4.51. The Hall–Kier alpha value is -2.31. The van der Waals surface area contributed by atoms with Crippen molar-refractivity contribution in [3.63, 3.8) is 0 Å². The molecule has 1 aliphatic carbocycles.